The first kappa shape index (κ1) is 119. The lowest BCUT2D eigenvalue weighted by Crippen LogP contribution is -2.43. The number of aromatic nitrogens is 2. The van der Waals surface area contributed by atoms with Crippen molar-refractivity contribution in [1.82, 2.24) is 25.9 Å². The molecule has 0 radical (unpaired) electrons. The molecule has 6 atom stereocenters. The number of aliphatic carboxylic acids is 1. The second-order valence-corrected chi connectivity index (χ2v) is 37.3. The van der Waals surface area contributed by atoms with E-state index >= 15 is 0 Å². The fourth-order valence-electron chi connectivity index (χ4n) is 16.2. The molecule has 10 aromatic rings. The number of hydrogen-bond acceptors (Lipinski definition) is 25. The Bertz CT molecular complexity index is 5710. The number of rotatable bonds is 63. The summed E-state index contributed by atoms with van der Waals surface area (Å²) in [6.07, 6.45) is 11.0. The number of halogens is 4. The van der Waals surface area contributed by atoms with Crippen molar-refractivity contribution in [3.8, 4) is 33.8 Å². The summed E-state index contributed by atoms with van der Waals surface area (Å²) in [5.41, 5.74) is 20.4. The molecular weight excluding hydrogens is 2080 g/mol. The van der Waals surface area contributed by atoms with Crippen LogP contribution in [-0.2, 0) is 76.0 Å². The Labute approximate surface area is 901 Å². The number of carbonyl (C=O) groups excluding carboxylic acids is 5. The number of nitrogens with one attached hydrogen (secondary N) is 5. The number of carboxylic acid groups (broad SMARTS) is 1. The summed E-state index contributed by atoms with van der Waals surface area (Å²) in [7, 11) is 0. The van der Waals surface area contributed by atoms with E-state index in [0.717, 1.165) is 123 Å². The molecule has 31 nitrogen and oxygen atoms in total. The van der Waals surface area contributed by atoms with E-state index in [1.807, 2.05) is 198 Å². The first-order valence-corrected chi connectivity index (χ1v) is 52.8. The van der Waals surface area contributed by atoms with Crippen LogP contribution in [0, 0.1) is 0 Å². The van der Waals surface area contributed by atoms with E-state index in [1.54, 1.807) is 38.1 Å². The Morgan fingerprint density at radius 3 is 1.07 bits per heavy atom. The molecule has 0 aliphatic carbocycles. The first-order valence-electron chi connectivity index (χ1n) is 50.5. The van der Waals surface area contributed by atoms with Crippen LogP contribution in [0.5, 0.6) is 11.5 Å². The van der Waals surface area contributed by atoms with E-state index in [1.165, 1.54) is 12.2 Å². The van der Waals surface area contributed by atoms with Gasteiger partial charge in [-0.25, -0.2) is 14.8 Å². The van der Waals surface area contributed by atoms with Gasteiger partial charge < -0.3 is 114 Å². The van der Waals surface area contributed by atoms with E-state index in [0.29, 0.717) is 227 Å². The number of ether oxygens (including phenoxy) is 14. The fourth-order valence-corrected chi connectivity index (χ4v) is 17.2. The molecular formula is C114H140Br2Cl2N10O21. The Kier molecular flexibility index (Phi) is 54.8. The van der Waals surface area contributed by atoms with Gasteiger partial charge in [-0.1, -0.05) is 123 Å². The lowest BCUT2D eigenvalue weighted by atomic mass is 9.88. The predicted octanol–water partition coefficient (Wildman–Crippen LogP) is 20.0. The normalized spacial score (nSPS) is 14.5. The quantitative estimate of drug-likeness (QED) is 0.0106. The standard InChI is InChI=1S/C57H69BrClN5O10.C49H65ClN4O9.C8H6BrNO2/c1-4-6-52(63-56(66)24-20-48-7-5-8-55(58)62-48)44-13-21-50(22-14-44)74-38-37-73-36-35-72-34-33-71-32-31-70-30-29-69-28-27-68-26-25-60-57(67)45-11-9-43(10-12-45)46-15-23-54-51(40-46)53(39-41(2)64(54)42(3)65)61-49-18-16-47(59)17-19-49;1-4-5-46(51)39-10-17-44(18-11-39)63-33-32-62-31-30-61-29-28-60-27-26-59-25-24-58-23-22-57-21-20-52-49(56)40-8-6-38(7-9-40)41-12-19-48-45(35-41)47(34-36(2)54(48)37(3)55)53-43-15-13-42(50)14-16-43;9-7-3-1-2-6(10-7)4-5-8(11)12/h5,7-24,40-41,52-53,61H,4,6,25-39H2,1-3H3,(H,60,67)(H,63,66);6-19,35-36,46-47,53H,4-5,20-34,51H2,1-3H3,(H,52,56);1-5H,(H,11,12)/b24-20+;;5-4+/t41-,52?,53?;36-,46?,47?;/m00./s1. The Balaban J connectivity index is 0.000000276. The van der Waals surface area contributed by atoms with Crippen molar-refractivity contribution in [2.75, 3.05) is 205 Å². The highest BCUT2D eigenvalue weighted by atomic mass is 79.9. The topological polar surface area (TPSA) is 370 Å². The highest BCUT2D eigenvalue weighted by Gasteiger charge is 2.35. The number of pyridine rings is 2. The summed E-state index contributed by atoms with van der Waals surface area (Å²) in [6, 6.07) is 69.2. The lowest BCUT2D eigenvalue weighted by molar-refractivity contribution is -0.131. The summed E-state index contributed by atoms with van der Waals surface area (Å²) in [5.74, 6) is 0.0527. The smallest absolute Gasteiger partial charge is 0.328 e. The number of nitrogens with two attached hydrogens (primary N) is 1. The van der Waals surface area contributed by atoms with Gasteiger partial charge in [-0.05, 0) is 274 Å². The second kappa shape index (κ2) is 68.4. The van der Waals surface area contributed by atoms with E-state index in [-0.39, 0.29) is 65.8 Å². The number of amides is 5. The van der Waals surface area contributed by atoms with E-state index in [4.69, 9.17) is 100 Å². The van der Waals surface area contributed by atoms with Gasteiger partial charge in [-0.3, -0.25) is 24.0 Å². The Morgan fingerprint density at radius 1 is 0.409 bits per heavy atom. The molecule has 0 fully saturated rings. The van der Waals surface area contributed by atoms with Gasteiger partial charge in [0.2, 0.25) is 17.7 Å². The van der Waals surface area contributed by atoms with E-state index < -0.39 is 5.97 Å². The second-order valence-electron chi connectivity index (χ2n) is 34.8. The monoisotopic (exact) mass is 2210 g/mol. The lowest BCUT2D eigenvalue weighted by Gasteiger charge is -2.39. The molecule has 0 saturated carbocycles. The van der Waals surface area contributed by atoms with Crippen LogP contribution >= 0.6 is 55.1 Å². The van der Waals surface area contributed by atoms with Gasteiger partial charge in [0, 0.05) is 101 Å². The SMILES string of the molecule is CCCC(N)c1ccc(OCCOCCOCCOCCOCCOCCOCCNC(=O)c2ccc(-c3ccc4c(c3)C(Nc3ccc(Cl)cc3)C[C@H](C)N4C(C)=O)cc2)cc1.CCCC(NC(=O)/C=C/c1cccc(Br)n1)c1ccc(OCCOCCOCCOCCOCCOCCOCCNC(=O)c2ccc(-c3ccc4c(c3)C(Nc3ccc(Cl)cc3)C[C@H](C)N4C(C)=O)cc2)cc1.O=C(O)/C=C/c1cccc(Br)n1. The van der Waals surface area contributed by atoms with Gasteiger partial charge in [0.05, 0.1) is 188 Å². The highest BCUT2D eigenvalue weighted by molar-refractivity contribution is 9.10. The summed E-state index contributed by atoms with van der Waals surface area (Å²) in [5, 5.41) is 25.9. The number of fused-ring (bicyclic) bond motifs is 2. The molecule has 5 amide bonds. The molecule has 35 heteroatoms. The minimum absolute atomic E-state index is 0.00441. The average molecular weight is 2220 g/mol. The maximum atomic E-state index is 12.9. The van der Waals surface area contributed by atoms with Crippen LogP contribution in [0.25, 0.3) is 34.4 Å². The average Bonchev–Trinajstić information content (AvgIpc) is 0.767. The van der Waals surface area contributed by atoms with Gasteiger partial charge in [-0.2, -0.15) is 0 Å². The zero-order chi connectivity index (χ0) is 106. The maximum Gasteiger partial charge on any atom is 0.328 e. The minimum atomic E-state index is -0.975. The highest BCUT2D eigenvalue weighted by Crippen LogP contribution is 2.44. The van der Waals surface area contributed by atoms with Crippen LogP contribution in [0.2, 0.25) is 10.0 Å². The molecule has 4 heterocycles. The summed E-state index contributed by atoms with van der Waals surface area (Å²) in [4.78, 5) is 85.9. The molecule has 0 spiro atoms. The molecule has 8 aromatic carbocycles. The van der Waals surface area contributed by atoms with Crippen molar-refractivity contribution in [3.05, 3.63) is 295 Å². The fraction of sp³-hybridized carbons (Fsp3) is 0.404. The molecule has 2 aliphatic heterocycles. The van der Waals surface area contributed by atoms with Crippen LogP contribution < -0.4 is 51.6 Å². The van der Waals surface area contributed by atoms with Crippen molar-refractivity contribution in [2.24, 2.45) is 5.73 Å². The van der Waals surface area contributed by atoms with Crippen molar-refractivity contribution in [3.63, 3.8) is 0 Å². The van der Waals surface area contributed by atoms with Crippen LogP contribution in [0.1, 0.15) is 159 Å². The zero-order valence-corrected chi connectivity index (χ0v) is 90.3. The van der Waals surface area contributed by atoms with Crippen LogP contribution in [0.3, 0.4) is 0 Å². The summed E-state index contributed by atoms with van der Waals surface area (Å²) < 4.78 is 79.9. The number of hydrogen-bond donors (Lipinski definition) is 7. The third kappa shape index (κ3) is 44.2. The van der Waals surface area contributed by atoms with Gasteiger partial charge in [0.1, 0.15) is 33.9 Å². The first-order chi connectivity index (χ1) is 72.5. The largest absolute Gasteiger partial charge is 0.491 e. The van der Waals surface area contributed by atoms with Crippen LogP contribution in [-0.4, -0.2) is 248 Å². The number of benzene rings is 8. The van der Waals surface area contributed by atoms with Gasteiger partial charge >= 0.3 is 5.97 Å². The van der Waals surface area contributed by atoms with Crippen molar-refractivity contribution in [2.45, 2.75) is 116 Å². The predicted molar refractivity (Wildman–Crippen MR) is 589 cm³/mol. The molecule has 149 heavy (non-hydrogen) atoms. The van der Waals surface area contributed by atoms with E-state index in [2.05, 4.69) is 108 Å². The zero-order valence-electron chi connectivity index (χ0n) is 85.6. The van der Waals surface area contributed by atoms with Crippen LogP contribution in [0.15, 0.2) is 240 Å². The summed E-state index contributed by atoms with van der Waals surface area (Å²) in [6.45, 7) is 23.9. The van der Waals surface area contributed by atoms with Crippen molar-refractivity contribution >= 4 is 125 Å². The molecule has 2 aromatic heterocycles. The van der Waals surface area contributed by atoms with Gasteiger partial charge in [-0.15, -0.1) is 0 Å². The van der Waals surface area contributed by atoms with Gasteiger partial charge in [0.15, 0.2) is 0 Å². The van der Waals surface area contributed by atoms with Gasteiger partial charge in [0.25, 0.3) is 11.8 Å². The Hall–Kier alpha value is -11.4. The van der Waals surface area contributed by atoms with Crippen molar-refractivity contribution < 1.29 is 100 Å². The van der Waals surface area contributed by atoms with Crippen LogP contribution in [0.4, 0.5) is 22.7 Å². The number of anilines is 4. The number of carbonyl (C=O) groups is 6. The van der Waals surface area contributed by atoms with E-state index in [9.17, 15) is 28.8 Å². The molecule has 800 valence electrons. The molecule has 12 rings (SSSR count). The molecule has 0 bridgehead atoms. The molecule has 4 unspecified atom stereocenters. The molecule has 8 N–H and O–H groups in total. The third-order valence-corrected chi connectivity index (χ3v) is 24.9. The minimum Gasteiger partial charge on any atom is -0.491 e. The number of nitrogens with zero attached hydrogens (tertiary/aromatic N) is 4. The third-order valence-electron chi connectivity index (χ3n) is 23.5. The molecule has 2 aliphatic rings. The van der Waals surface area contributed by atoms with Crippen molar-refractivity contribution in [1.29, 1.82) is 0 Å². The maximum absolute atomic E-state index is 12.9. The summed E-state index contributed by atoms with van der Waals surface area (Å²) >= 11 is 18.8. The Morgan fingerprint density at radius 2 is 0.738 bits per heavy atom. The molecule has 0 saturated heterocycles. The number of carboxylic acids is 1.